The van der Waals surface area contributed by atoms with E-state index in [2.05, 4.69) is 16.5 Å². The number of halogens is 1. The van der Waals surface area contributed by atoms with Crippen LogP contribution in [0, 0.1) is 5.92 Å². The second kappa shape index (κ2) is 6.76. The molecule has 1 fully saturated rings. The molecule has 0 amide bonds. The SMILES string of the molecule is C=C1C(=O)OCC1C(O)c1cn(Cc2nc3ccccc3[nH]2)c2ccc(Cl)cc12. The van der Waals surface area contributed by atoms with Gasteiger partial charge in [0.1, 0.15) is 12.4 Å². The molecule has 2 aromatic carbocycles. The number of aromatic amines is 1. The molecule has 29 heavy (non-hydrogen) atoms. The summed E-state index contributed by atoms with van der Waals surface area (Å²) in [5, 5.41) is 12.4. The third kappa shape index (κ3) is 3.01. The topological polar surface area (TPSA) is 80.1 Å². The standard InChI is InChI=1S/C22H18ClN3O3/c1-12-16(11-29-22(12)28)21(27)15-9-26(19-7-6-13(23)8-14(15)19)10-20-24-17-4-2-3-5-18(17)25-20/h2-9,16,21,27H,1,10-11H2,(H,24,25). The number of nitrogens with one attached hydrogen (secondary N) is 1. The number of imidazole rings is 1. The van der Waals surface area contributed by atoms with Gasteiger partial charge in [0.2, 0.25) is 0 Å². The first-order chi connectivity index (χ1) is 14.0. The van der Waals surface area contributed by atoms with Crippen LogP contribution in [-0.2, 0) is 16.1 Å². The van der Waals surface area contributed by atoms with Crippen molar-refractivity contribution in [1.82, 2.24) is 14.5 Å². The number of para-hydroxylation sites is 2. The average Bonchev–Trinajstić information content (AvgIpc) is 3.37. The Labute approximate surface area is 171 Å². The van der Waals surface area contributed by atoms with Crippen LogP contribution in [0.1, 0.15) is 17.5 Å². The van der Waals surface area contributed by atoms with Gasteiger partial charge in [-0.1, -0.05) is 30.3 Å². The van der Waals surface area contributed by atoms with E-state index in [0.29, 0.717) is 17.1 Å². The van der Waals surface area contributed by atoms with E-state index >= 15 is 0 Å². The van der Waals surface area contributed by atoms with Crippen LogP contribution in [0.25, 0.3) is 21.9 Å². The van der Waals surface area contributed by atoms with Crippen molar-refractivity contribution in [1.29, 1.82) is 0 Å². The second-order valence-corrected chi connectivity index (χ2v) is 7.69. The number of nitrogens with zero attached hydrogens (tertiary/aromatic N) is 2. The maximum absolute atomic E-state index is 11.7. The lowest BCUT2D eigenvalue weighted by atomic mass is 9.92. The number of esters is 1. The number of H-pyrrole nitrogens is 1. The summed E-state index contributed by atoms with van der Waals surface area (Å²) >= 11 is 6.22. The quantitative estimate of drug-likeness (QED) is 0.396. The van der Waals surface area contributed by atoms with Gasteiger partial charge in [-0.05, 0) is 30.3 Å². The summed E-state index contributed by atoms with van der Waals surface area (Å²) in [5.41, 5.74) is 3.76. The first-order valence-electron chi connectivity index (χ1n) is 9.27. The van der Waals surface area contributed by atoms with E-state index < -0.39 is 18.0 Å². The van der Waals surface area contributed by atoms with Crippen molar-refractivity contribution in [3.63, 3.8) is 0 Å². The maximum atomic E-state index is 11.7. The molecule has 3 heterocycles. The van der Waals surface area contributed by atoms with Crippen LogP contribution in [0.4, 0.5) is 0 Å². The van der Waals surface area contributed by atoms with Gasteiger partial charge >= 0.3 is 5.97 Å². The molecule has 2 unspecified atom stereocenters. The summed E-state index contributed by atoms with van der Waals surface area (Å²) in [4.78, 5) is 19.7. The van der Waals surface area contributed by atoms with Gasteiger partial charge in [-0.15, -0.1) is 0 Å². The lowest BCUT2D eigenvalue weighted by molar-refractivity contribution is -0.135. The van der Waals surface area contributed by atoms with E-state index in [9.17, 15) is 9.90 Å². The molecule has 0 bridgehead atoms. The van der Waals surface area contributed by atoms with Gasteiger partial charge in [-0.3, -0.25) is 0 Å². The molecule has 0 radical (unpaired) electrons. The van der Waals surface area contributed by atoms with Gasteiger partial charge in [0.15, 0.2) is 0 Å². The Kier molecular flexibility index (Phi) is 4.19. The zero-order chi connectivity index (χ0) is 20.1. The molecule has 2 atom stereocenters. The number of benzene rings is 2. The number of carbonyl (C=O) groups excluding carboxylic acids is 1. The van der Waals surface area contributed by atoms with Crippen molar-refractivity contribution in [2.24, 2.45) is 5.92 Å². The molecule has 0 saturated carbocycles. The Morgan fingerprint density at radius 1 is 1.34 bits per heavy atom. The largest absolute Gasteiger partial charge is 0.462 e. The predicted molar refractivity (Wildman–Crippen MR) is 111 cm³/mol. The second-order valence-electron chi connectivity index (χ2n) is 7.25. The van der Waals surface area contributed by atoms with Crippen molar-refractivity contribution in [2.45, 2.75) is 12.6 Å². The molecule has 2 N–H and O–H groups in total. The highest BCUT2D eigenvalue weighted by Crippen LogP contribution is 2.37. The van der Waals surface area contributed by atoms with Crippen molar-refractivity contribution >= 4 is 39.5 Å². The normalized spacial score (nSPS) is 17.9. The van der Waals surface area contributed by atoms with Crippen LogP contribution in [0.2, 0.25) is 5.02 Å². The first-order valence-corrected chi connectivity index (χ1v) is 9.65. The zero-order valence-corrected chi connectivity index (χ0v) is 16.2. The number of hydrogen-bond acceptors (Lipinski definition) is 4. The molecule has 1 aliphatic rings. The number of aliphatic hydroxyl groups is 1. The van der Waals surface area contributed by atoms with Crippen LogP contribution in [0.5, 0.6) is 0 Å². The Bertz CT molecular complexity index is 1240. The predicted octanol–water partition coefficient (Wildman–Crippen LogP) is 3.98. The third-order valence-electron chi connectivity index (χ3n) is 5.44. The number of aliphatic hydroxyl groups excluding tert-OH is 1. The van der Waals surface area contributed by atoms with E-state index in [0.717, 1.165) is 27.8 Å². The van der Waals surface area contributed by atoms with Gasteiger partial charge in [-0.25, -0.2) is 9.78 Å². The minimum absolute atomic E-state index is 0.121. The molecule has 146 valence electrons. The molecule has 1 saturated heterocycles. The summed E-state index contributed by atoms with van der Waals surface area (Å²) in [6, 6.07) is 13.4. The minimum Gasteiger partial charge on any atom is -0.462 e. The third-order valence-corrected chi connectivity index (χ3v) is 5.67. The fourth-order valence-electron chi connectivity index (χ4n) is 3.91. The zero-order valence-electron chi connectivity index (χ0n) is 15.4. The molecule has 7 heteroatoms. The fourth-order valence-corrected chi connectivity index (χ4v) is 4.09. The van der Waals surface area contributed by atoms with Gasteiger partial charge in [0.05, 0.1) is 29.6 Å². The van der Waals surface area contributed by atoms with Crippen LogP contribution in [0.15, 0.2) is 60.8 Å². The van der Waals surface area contributed by atoms with Crippen molar-refractivity contribution in [3.8, 4) is 0 Å². The number of rotatable bonds is 4. The Balaban J connectivity index is 1.57. The smallest absolute Gasteiger partial charge is 0.333 e. The highest BCUT2D eigenvalue weighted by molar-refractivity contribution is 6.31. The molecule has 6 nitrogen and oxygen atoms in total. The van der Waals surface area contributed by atoms with Crippen molar-refractivity contribution < 1.29 is 14.6 Å². The van der Waals surface area contributed by atoms with E-state index in [1.807, 2.05) is 53.2 Å². The highest BCUT2D eigenvalue weighted by Gasteiger charge is 2.36. The van der Waals surface area contributed by atoms with Crippen molar-refractivity contribution in [2.75, 3.05) is 6.61 Å². The average molecular weight is 408 g/mol. The van der Waals surface area contributed by atoms with Gasteiger partial charge in [0.25, 0.3) is 0 Å². The Morgan fingerprint density at radius 3 is 2.93 bits per heavy atom. The molecular formula is C22H18ClN3O3. The fraction of sp³-hybridized carbons (Fsp3) is 0.182. The summed E-state index contributed by atoms with van der Waals surface area (Å²) < 4.78 is 7.06. The lowest BCUT2D eigenvalue weighted by Gasteiger charge is -2.15. The van der Waals surface area contributed by atoms with Crippen molar-refractivity contribution in [3.05, 3.63) is 77.2 Å². The molecule has 0 aliphatic carbocycles. The molecule has 1 aliphatic heterocycles. The molecule has 2 aromatic heterocycles. The highest BCUT2D eigenvalue weighted by atomic mass is 35.5. The van der Waals surface area contributed by atoms with E-state index in [-0.39, 0.29) is 12.2 Å². The number of carbonyl (C=O) groups is 1. The van der Waals surface area contributed by atoms with Crippen LogP contribution in [0.3, 0.4) is 0 Å². The van der Waals surface area contributed by atoms with Crippen LogP contribution < -0.4 is 0 Å². The van der Waals surface area contributed by atoms with Gasteiger partial charge in [-0.2, -0.15) is 0 Å². The monoisotopic (exact) mass is 407 g/mol. The Hall–Kier alpha value is -3.09. The summed E-state index contributed by atoms with van der Waals surface area (Å²) in [5.74, 6) is -0.132. The number of cyclic esters (lactones) is 1. The van der Waals surface area contributed by atoms with Crippen LogP contribution in [-0.4, -0.2) is 32.2 Å². The first kappa shape index (κ1) is 18.0. The molecule has 5 rings (SSSR count). The lowest BCUT2D eigenvalue weighted by Crippen LogP contribution is -2.14. The van der Waals surface area contributed by atoms with Crippen LogP contribution >= 0.6 is 11.6 Å². The number of fused-ring (bicyclic) bond motifs is 2. The summed E-state index contributed by atoms with van der Waals surface area (Å²) in [7, 11) is 0. The molecule has 0 spiro atoms. The number of ether oxygens (including phenoxy) is 1. The Morgan fingerprint density at radius 2 is 2.17 bits per heavy atom. The van der Waals surface area contributed by atoms with Gasteiger partial charge < -0.3 is 19.4 Å². The maximum Gasteiger partial charge on any atom is 0.333 e. The summed E-state index contributed by atoms with van der Waals surface area (Å²) in [6.07, 6.45) is 0.960. The minimum atomic E-state index is -0.924. The van der Waals surface area contributed by atoms with E-state index in [4.69, 9.17) is 16.3 Å². The molecular weight excluding hydrogens is 390 g/mol. The number of hydrogen-bond donors (Lipinski definition) is 2. The van der Waals surface area contributed by atoms with E-state index in [1.54, 1.807) is 0 Å². The van der Waals surface area contributed by atoms with E-state index in [1.165, 1.54) is 0 Å². The molecule has 4 aromatic rings. The van der Waals surface area contributed by atoms with Gasteiger partial charge in [0, 0.05) is 33.3 Å². The summed E-state index contributed by atoms with van der Waals surface area (Å²) in [6.45, 7) is 4.40. The number of aromatic nitrogens is 3.